The normalized spacial score (nSPS) is 32.9. The molecule has 0 bridgehead atoms. The maximum absolute atomic E-state index is 12.5. The van der Waals surface area contributed by atoms with Crippen molar-refractivity contribution in [3.05, 3.63) is 11.3 Å². The third-order valence-electron chi connectivity index (χ3n) is 6.48. The van der Waals surface area contributed by atoms with Crippen LogP contribution in [-0.2, 0) is 33.3 Å². The molecule has 0 aliphatic carbocycles. The Bertz CT molecular complexity index is 717. The quantitative estimate of drug-likeness (QED) is 0.416. The summed E-state index contributed by atoms with van der Waals surface area (Å²) in [6, 6.07) is 0. The summed E-state index contributed by atoms with van der Waals surface area (Å²) in [6.07, 6.45) is -0.524. The van der Waals surface area contributed by atoms with E-state index in [0.29, 0.717) is 17.8 Å². The van der Waals surface area contributed by atoms with Crippen molar-refractivity contribution in [3.8, 4) is 0 Å². The summed E-state index contributed by atoms with van der Waals surface area (Å²) < 4.78 is 29.7. The van der Waals surface area contributed by atoms with Crippen molar-refractivity contribution >= 4 is 12.3 Å². The molecule has 184 valence electrons. The maximum atomic E-state index is 12.5. The molecule has 0 unspecified atom stereocenters. The zero-order valence-corrected chi connectivity index (χ0v) is 20.8. The fraction of sp³-hybridized carbons (Fsp3) is 0.833. The van der Waals surface area contributed by atoms with Gasteiger partial charge in [-0.3, -0.25) is 0 Å². The SMILES string of the molecule is CO[C@](C)(C[C@@H](C)C=O)[C@H](O[C@@H]1O[C@H](C)C[C@H](C)[C@H]1O)[C@@H](C)C1=C(C)C(=O)OC(C)(C)O1. The number of cyclic esters (lactones) is 1. The van der Waals surface area contributed by atoms with Gasteiger partial charge in [-0.15, -0.1) is 0 Å². The molecule has 8 heteroatoms. The molecule has 0 spiro atoms. The summed E-state index contributed by atoms with van der Waals surface area (Å²) in [6.45, 7) is 14.4. The smallest absolute Gasteiger partial charge is 0.340 e. The average Bonchev–Trinajstić information content (AvgIpc) is 2.71. The summed E-state index contributed by atoms with van der Waals surface area (Å²) in [4.78, 5) is 23.9. The van der Waals surface area contributed by atoms with Gasteiger partial charge in [0.15, 0.2) is 6.29 Å². The predicted molar refractivity (Wildman–Crippen MR) is 117 cm³/mol. The lowest BCUT2D eigenvalue weighted by Gasteiger charge is -2.46. The number of ether oxygens (including phenoxy) is 5. The largest absolute Gasteiger partial charge is 0.456 e. The molecule has 1 fully saturated rings. The molecule has 8 atom stereocenters. The Morgan fingerprint density at radius 1 is 1.28 bits per heavy atom. The van der Waals surface area contributed by atoms with Gasteiger partial charge in [0.25, 0.3) is 0 Å². The van der Waals surface area contributed by atoms with Crippen molar-refractivity contribution < 1.29 is 38.4 Å². The highest BCUT2D eigenvalue weighted by Gasteiger charge is 2.48. The van der Waals surface area contributed by atoms with Crippen LogP contribution in [0.4, 0.5) is 0 Å². The van der Waals surface area contributed by atoms with Crippen LogP contribution in [0, 0.1) is 17.8 Å². The average molecular weight is 457 g/mol. The van der Waals surface area contributed by atoms with Crippen LogP contribution in [0.25, 0.3) is 0 Å². The number of esters is 1. The maximum Gasteiger partial charge on any atom is 0.340 e. The van der Waals surface area contributed by atoms with E-state index in [9.17, 15) is 14.7 Å². The molecule has 0 radical (unpaired) electrons. The molecule has 2 aliphatic rings. The van der Waals surface area contributed by atoms with E-state index < -0.39 is 41.8 Å². The number of methoxy groups -OCH3 is 1. The van der Waals surface area contributed by atoms with Crippen LogP contribution in [0.15, 0.2) is 11.3 Å². The van der Waals surface area contributed by atoms with Crippen LogP contribution in [0.5, 0.6) is 0 Å². The summed E-state index contributed by atoms with van der Waals surface area (Å²) in [7, 11) is 1.56. The van der Waals surface area contributed by atoms with E-state index in [-0.39, 0.29) is 17.9 Å². The monoisotopic (exact) mass is 456 g/mol. The second-order valence-corrected chi connectivity index (χ2v) is 10.1. The van der Waals surface area contributed by atoms with Gasteiger partial charge in [0.2, 0.25) is 5.79 Å². The molecule has 1 saturated heterocycles. The Hall–Kier alpha value is -1.48. The first kappa shape index (κ1) is 26.8. The number of rotatable bonds is 9. The molecule has 0 aromatic carbocycles. The summed E-state index contributed by atoms with van der Waals surface area (Å²) in [5.41, 5.74) is -0.589. The molecular formula is C24H40O8. The Labute approximate surface area is 191 Å². The molecule has 0 saturated carbocycles. The Balaban J connectivity index is 2.48. The molecule has 2 rings (SSSR count). The van der Waals surface area contributed by atoms with Crippen LogP contribution in [-0.4, -0.2) is 60.5 Å². The topological polar surface area (TPSA) is 101 Å². The highest BCUT2D eigenvalue weighted by atomic mass is 16.7. The van der Waals surface area contributed by atoms with Crippen molar-refractivity contribution in [2.75, 3.05) is 7.11 Å². The molecule has 0 amide bonds. The van der Waals surface area contributed by atoms with Crippen LogP contribution >= 0.6 is 0 Å². The minimum absolute atomic E-state index is 0.0109. The molecule has 0 aromatic heterocycles. The van der Waals surface area contributed by atoms with Gasteiger partial charge in [-0.1, -0.05) is 20.8 Å². The van der Waals surface area contributed by atoms with Gasteiger partial charge in [-0.2, -0.15) is 0 Å². The number of carbonyl (C=O) groups excluding carboxylic acids is 2. The fourth-order valence-corrected chi connectivity index (χ4v) is 4.68. The van der Waals surface area contributed by atoms with Crippen molar-refractivity contribution in [3.63, 3.8) is 0 Å². The molecule has 2 heterocycles. The second kappa shape index (κ2) is 10.2. The number of hydrogen-bond acceptors (Lipinski definition) is 8. The van der Waals surface area contributed by atoms with Crippen molar-refractivity contribution in [2.24, 2.45) is 17.8 Å². The minimum Gasteiger partial charge on any atom is -0.456 e. The van der Waals surface area contributed by atoms with E-state index in [1.807, 2.05) is 34.6 Å². The first-order chi connectivity index (χ1) is 14.7. The lowest BCUT2D eigenvalue weighted by molar-refractivity contribution is -0.298. The lowest BCUT2D eigenvalue weighted by Crippen LogP contribution is -2.55. The van der Waals surface area contributed by atoms with Crippen LogP contribution in [0.2, 0.25) is 0 Å². The molecule has 8 nitrogen and oxygen atoms in total. The molecule has 2 aliphatic heterocycles. The third-order valence-corrected chi connectivity index (χ3v) is 6.48. The van der Waals surface area contributed by atoms with E-state index in [4.69, 9.17) is 23.7 Å². The number of aliphatic hydroxyl groups is 1. The van der Waals surface area contributed by atoms with Gasteiger partial charge in [-0.05, 0) is 39.5 Å². The van der Waals surface area contributed by atoms with Gasteiger partial charge >= 0.3 is 5.97 Å². The van der Waals surface area contributed by atoms with E-state index in [2.05, 4.69) is 0 Å². The lowest BCUT2D eigenvalue weighted by atomic mass is 9.80. The van der Waals surface area contributed by atoms with E-state index in [1.165, 1.54) is 0 Å². The number of aliphatic hydroxyl groups excluding tert-OH is 1. The first-order valence-corrected chi connectivity index (χ1v) is 11.4. The molecule has 32 heavy (non-hydrogen) atoms. The number of carbonyl (C=O) groups is 2. The van der Waals surface area contributed by atoms with E-state index in [0.717, 1.165) is 12.7 Å². The highest BCUT2D eigenvalue weighted by molar-refractivity contribution is 5.89. The predicted octanol–water partition coefficient (Wildman–Crippen LogP) is 3.35. The van der Waals surface area contributed by atoms with Crippen LogP contribution in [0.1, 0.15) is 68.2 Å². The van der Waals surface area contributed by atoms with Crippen LogP contribution in [0.3, 0.4) is 0 Å². The minimum atomic E-state index is -1.13. The second-order valence-electron chi connectivity index (χ2n) is 10.1. The Kier molecular flexibility index (Phi) is 8.53. The van der Waals surface area contributed by atoms with Crippen molar-refractivity contribution in [1.29, 1.82) is 0 Å². The number of aldehydes is 1. The van der Waals surface area contributed by atoms with Gasteiger partial charge < -0.3 is 33.6 Å². The van der Waals surface area contributed by atoms with Gasteiger partial charge in [0, 0.05) is 32.8 Å². The van der Waals surface area contributed by atoms with E-state index in [1.54, 1.807) is 27.9 Å². The zero-order chi connectivity index (χ0) is 24.4. The number of hydrogen-bond donors (Lipinski definition) is 1. The first-order valence-electron chi connectivity index (χ1n) is 11.4. The standard InChI is InChI=1S/C24H40O8/c1-13(12-25)11-24(8,28-9)20(30-22-18(26)14(2)10-15(3)29-22)16(4)19-17(5)21(27)32-23(6,7)31-19/h12-16,18,20,22,26H,10-11H2,1-9H3/t13-,14+,15-,16+,18-,20-,22+,24-/m1/s1. The van der Waals surface area contributed by atoms with Gasteiger partial charge in [-0.25, -0.2) is 4.79 Å². The van der Waals surface area contributed by atoms with E-state index >= 15 is 0 Å². The fourth-order valence-electron chi connectivity index (χ4n) is 4.68. The Morgan fingerprint density at radius 3 is 2.47 bits per heavy atom. The zero-order valence-electron chi connectivity index (χ0n) is 20.8. The Morgan fingerprint density at radius 2 is 1.91 bits per heavy atom. The van der Waals surface area contributed by atoms with Gasteiger partial charge in [0.1, 0.15) is 18.1 Å². The summed E-state index contributed by atoms with van der Waals surface area (Å²) >= 11 is 0. The molecular weight excluding hydrogens is 416 g/mol. The summed E-state index contributed by atoms with van der Waals surface area (Å²) in [5, 5.41) is 10.8. The molecule has 1 N–H and O–H groups in total. The van der Waals surface area contributed by atoms with Gasteiger partial charge in [0.05, 0.1) is 23.4 Å². The van der Waals surface area contributed by atoms with Crippen molar-refractivity contribution in [1.82, 2.24) is 0 Å². The van der Waals surface area contributed by atoms with Crippen LogP contribution < -0.4 is 0 Å². The highest BCUT2D eigenvalue weighted by Crippen LogP contribution is 2.40. The summed E-state index contributed by atoms with van der Waals surface area (Å²) in [5.74, 6) is -1.92. The van der Waals surface area contributed by atoms with Crippen molar-refractivity contribution in [2.45, 2.75) is 104 Å². The third kappa shape index (κ3) is 5.90. The molecule has 0 aromatic rings.